The van der Waals surface area contributed by atoms with Crippen LogP contribution in [0.25, 0.3) is 0 Å². The zero-order chi connectivity index (χ0) is 10.4. The number of nitrogens with zero attached hydrogens (tertiary/aromatic N) is 1. The Labute approximate surface area is 118 Å². The van der Waals surface area contributed by atoms with Gasteiger partial charge in [-0.2, -0.15) is 0 Å². The minimum absolute atomic E-state index is 0. The first kappa shape index (κ1) is 15.2. The standard InChI is InChI=1S/C10H13BNO2.Y/c1-14-8-3-2-5-9-6-4-7-10(13)12(9)11;/h9H,1,4-8H2;/q-1;. The summed E-state index contributed by atoms with van der Waals surface area (Å²) in [6.07, 6.45) is 3.01. The molecule has 0 aromatic heterocycles. The number of hydrogen-bond donors (Lipinski definition) is 0. The monoisotopic (exact) mass is 279 g/mol. The van der Waals surface area contributed by atoms with Crippen LogP contribution < -0.4 is 0 Å². The summed E-state index contributed by atoms with van der Waals surface area (Å²) in [4.78, 5) is 12.5. The van der Waals surface area contributed by atoms with Gasteiger partial charge < -0.3 is 9.55 Å². The van der Waals surface area contributed by atoms with E-state index in [-0.39, 0.29) is 44.7 Å². The first-order valence-electron chi connectivity index (χ1n) is 4.65. The van der Waals surface area contributed by atoms with Crippen LogP contribution in [0.5, 0.6) is 0 Å². The molecule has 1 heterocycles. The molecule has 3 nitrogen and oxygen atoms in total. The van der Waals surface area contributed by atoms with E-state index >= 15 is 0 Å². The molecule has 1 unspecified atom stereocenters. The molecule has 1 aliphatic rings. The fourth-order valence-electron chi connectivity index (χ4n) is 1.45. The van der Waals surface area contributed by atoms with Crippen molar-refractivity contribution >= 4 is 13.9 Å². The van der Waals surface area contributed by atoms with Gasteiger partial charge in [0.2, 0.25) is 13.9 Å². The van der Waals surface area contributed by atoms with Crippen LogP contribution in [-0.2, 0) is 42.2 Å². The first-order valence-corrected chi connectivity index (χ1v) is 4.65. The average Bonchev–Trinajstić information content (AvgIpc) is 2.19. The minimum Gasteiger partial charge on any atom is -0.546 e. The van der Waals surface area contributed by atoms with Crippen LogP contribution >= 0.6 is 0 Å². The molecule has 3 radical (unpaired) electrons. The molecule has 1 aliphatic heterocycles. The fourth-order valence-corrected chi connectivity index (χ4v) is 1.45. The maximum atomic E-state index is 11.2. The van der Waals surface area contributed by atoms with E-state index in [4.69, 9.17) is 7.98 Å². The Hall–Kier alpha value is 0.159. The van der Waals surface area contributed by atoms with Crippen molar-refractivity contribution < 1.29 is 42.2 Å². The van der Waals surface area contributed by atoms with Gasteiger partial charge in [-0.15, -0.1) is 0 Å². The van der Waals surface area contributed by atoms with E-state index in [9.17, 15) is 4.79 Å². The van der Waals surface area contributed by atoms with Crippen molar-refractivity contribution in [3.05, 3.63) is 7.11 Å². The van der Waals surface area contributed by atoms with Crippen molar-refractivity contribution in [2.24, 2.45) is 0 Å². The number of piperidine rings is 1. The number of ether oxygens (including phenoxy) is 1. The van der Waals surface area contributed by atoms with Crippen LogP contribution in [0.15, 0.2) is 0 Å². The molecule has 0 bridgehead atoms. The van der Waals surface area contributed by atoms with Gasteiger partial charge in [0.1, 0.15) is 0 Å². The molecule has 77 valence electrons. The molecule has 5 heteroatoms. The maximum absolute atomic E-state index is 11.2. The van der Waals surface area contributed by atoms with Gasteiger partial charge in [0, 0.05) is 51.6 Å². The first-order chi connectivity index (χ1) is 6.75. The molecule has 1 amide bonds. The molecule has 1 rings (SSSR count). The van der Waals surface area contributed by atoms with Gasteiger partial charge in [0.25, 0.3) is 0 Å². The smallest absolute Gasteiger partial charge is 0.230 e. The van der Waals surface area contributed by atoms with Crippen molar-refractivity contribution in [3.63, 3.8) is 0 Å². The van der Waals surface area contributed by atoms with Crippen molar-refractivity contribution in [1.29, 1.82) is 0 Å². The third kappa shape index (κ3) is 5.15. The molecule has 0 aliphatic carbocycles. The minimum atomic E-state index is 0. The van der Waals surface area contributed by atoms with E-state index in [0.717, 1.165) is 12.8 Å². The van der Waals surface area contributed by atoms with E-state index in [2.05, 4.69) is 23.7 Å². The van der Waals surface area contributed by atoms with Crippen LogP contribution in [0.4, 0.5) is 0 Å². The van der Waals surface area contributed by atoms with Gasteiger partial charge >= 0.3 is 0 Å². The summed E-state index contributed by atoms with van der Waals surface area (Å²) in [5, 5.41) is 0. The van der Waals surface area contributed by atoms with Gasteiger partial charge in [0.15, 0.2) is 0 Å². The van der Waals surface area contributed by atoms with Gasteiger partial charge in [0.05, 0.1) is 6.61 Å². The van der Waals surface area contributed by atoms with Crippen LogP contribution in [0, 0.1) is 19.0 Å². The number of amides is 1. The van der Waals surface area contributed by atoms with E-state index < -0.39 is 0 Å². The molecular weight excluding hydrogens is 266 g/mol. The Morgan fingerprint density at radius 1 is 1.60 bits per heavy atom. The summed E-state index contributed by atoms with van der Waals surface area (Å²) >= 11 is 0. The molecule has 15 heavy (non-hydrogen) atoms. The summed E-state index contributed by atoms with van der Waals surface area (Å²) in [5.74, 6) is 5.72. The Bertz CT molecular complexity index is 262. The summed E-state index contributed by atoms with van der Waals surface area (Å²) < 4.78 is 4.54. The molecule has 1 fully saturated rings. The predicted molar refractivity (Wildman–Crippen MR) is 53.9 cm³/mol. The van der Waals surface area contributed by atoms with E-state index in [1.807, 2.05) is 0 Å². The molecule has 0 saturated carbocycles. The van der Waals surface area contributed by atoms with Crippen LogP contribution in [0.3, 0.4) is 0 Å². The second-order valence-electron chi connectivity index (χ2n) is 3.25. The predicted octanol–water partition coefficient (Wildman–Crippen LogP) is 0.650. The van der Waals surface area contributed by atoms with Gasteiger partial charge in [-0.1, -0.05) is 11.8 Å². The largest absolute Gasteiger partial charge is 0.546 e. The van der Waals surface area contributed by atoms with Gasteiger partial charge in [-0.3, -0.25) is 4.79 Å². The summed E-state index contributed by atoms with van der Waals surface area (Å²) in [7, 11) is 8.81. The van der Waals surface area contributed by atoms with Gasteiger partial charge in [-0.05, 0) is 12.8 Å². The molecular formula is C10H13BNO2Y-. The summed E-state index contributed by atoms with van der Waals surface area (Å²) in [5.41, 5.74) is 0. The quantitative estimate of drug-likeness (QED) is 0.422. The second-order valence-corrected chi connectivity index (χ2v) is 3.25. The van der Waals surface area contributed by atoms with Gasteiger partial charge in [-0.25, -0.2) is 7.11 Å². The number of hydrogen-bond acceptors (Lipinski definition) is 2. The average molecular weight is 279 g/mol. The third-order valence-electron chi connectivity index (χ3n) is 2.25. The topological polar surface area (TPSA) is 29.5 Å². The molecule has 0 N–H and O–H groups in total. The van der Waals surface area contributed by atoms with E-state index in [0.29, 0.717) is 19.4 Å². The van der Waals surface area contributed by atoms with Crippen molar-refractivity contribution in [1.82, 2.24) is 4.81 Å². The maximum Gasteiger partial charge on any atom is 0.230 e. The second kappa shape index (κ2) is 8.33. The summed E-state index contributed by atoms with van der Waals surface area (Å²) in [6.45, 7) is 0.325. The summed E-state index contributed by atoms with van der Waals surface area (Å²) in [6, 6.07) is 0.0635. The molecule has 0 aromatic carbocycles. The number of carbonyl (C=O) groups excluding carboxylic acids is 1. The zero-order valence-corrected chi connectivity index (χ0v) is 11.6. The number of rotatable bonds is 2. The van der Waals surface area contributed by atoms with Crippen LogP contribution in [0.2, 0.25) is 0 Å². The molecule has 0 spiro atoms. The van der Waals surface area contributed by atoms with Crippen molar-refractivity contribution in [2.75, 3.05) is 6.61 Å². The SMILES string of the molecule is [B]N1C(=O)CCCC1CC#CCO[CH2-].[Y]. The number of carbonyl (C=O) groups is 1. The van der Waals surface area contributed by atoms with Crippen molar-refractivity contribution in [2.45, 2.75) is 31.7 Å². The Morgan fingerprint density at radius 3 is 3.00 bits per heavy atom. The zero-order valence-electron chi connectivity index (χ0n) is 8.74. The van der Waals surface area contributed by atoms with Crippen molar-refractivity contribution in [3.8, 4) is 11.8 Å². The Balaban J connectivity index is 0.00000196. The molecule has 1 saturated heterocycles. The normalized spacial score (nSPS) is 20.2. The van der Waals surface area contributed by atoms with E-state index in [1.165, 1.54) is 4.81 Å². The van der Waals surface area contributed by atoms with E-state index in [1.54, 1.807) is 0 Å². The Kier molecular flexibility index (Phi) is 8.42. The van der Waals surface area contributed by atoms with Crippen LogP contribution in [0.1, 0.15) is 25.7 Å². The van der Waals surface area contributed by atoms with Crippen LogP contribution in [-0.4, -0.2) is 31.3 Å². The fraction of sp³-hybridized carbons (Fsp3) is 0.600. The molecule has 1 atom stereocenters. The molecule has 0 aromatic rings. The third-order valence-corrected chi connectivity index (χ3v) is 2.25. The Morgan fingerprint density at radius 2 is 2.33 bits per heavy atom.